The maximum Gasteiger partial charge on any atom is 0.225 e. The first-order valence-electron chi connectivity index (χ1n) is 7.88. The van der Waals surface area contributed by atoms with E-state index in [1.165, 1.54) is 0 Å². The average Bonchev–Trinajstić information content (AvgIpc) is 3.07. The van der Waals surface area contributed by atoms with Gasteiger partial charge in [0.15, 0.2) is 5.78 Å². The average molecular weight is 307 g/mol. The molecule has 0 saturated carbocycles. The quantitative estimate of drug-likeness (QED) is 0.806. The van der Waals surface area contributed by atoms with Gasteiger partial charge in [-0.25, -0.2) is 0 Å². The monoisotopic (exact) mass is 307 g/mol. The van der Waals surface area contributed by atoms with Crippen LogP contribution in [-0.2, 0) is 11.8 Å². The highest BCUT2D eigenvalue weighted by molar-refractivity contribution is 5.96. The van der Waals surface area contributed by atoms with E-state index in [-0.39, 0.29) is 30.1 Å². The number of amides is 1. The number of carbonyl (C=O) groups excluding carboxylic acids is 2. The molecule has 2 atom stereocenters. The first-order chi connectivity index (χ1) is 10.4. The Morgan fingerprint density at radius 2 is 2.18 bits per heavy atom. The smallest absolute Gasteiger partial charge is 0.225 e. The van der Waals surface area contributed by atoms with Gasteiger partial charge in [0.05, 0.1) is 24.3 Å². The minimum absolute atomic E-state index is 0.0159. The van der Waals surface area contributed by atoms with Gasteiger partial charge in [-0.1, -0.05) is 13.8 Å². The van der Waals surface area contributed by atoms with Gasteiger partial charge >= 0.3 is 0 Å². The van der Waals surface area contributed by atoms with Crippen LogP contribution in [0.1, 0.15) is 49.9 Å². The summed E-state index contributed by atoms with van der Waals surface area (Å²) in [6, 6.07) is -0.0560. The van der Waals surface area contributed by atoms with Crippen LogP contribution >= 0.6 is 0 Å². The fourth-order valence-electron chi connectivity index (χ4n) is 2.81. The predicted molar refractivity (Wildman–Crippen MR) is 82.4 cm³/mol. The lowest BCUT2D eigenvalue weighted by Crippen LogP contribution is -2.39. The summed E-state index contributed by atoms with van der Waals surface area (Å²) in [5, 5.41) is 13.9. The van der Waals surface area contributed by atoms with E-state index in [1.807, 2.05) is 13.8 Å². The number of likely N-dealkylation sites (tertiary alicyclic amines) is 1. The van der Waals surface area contributed by atoms with Gasteiger partial charge in [-0.15, -0.1) is 0 Å². The van der Waals surface area contributed by atoms with Crippen molar-refractivity contribution in [1.82, 2.24) is 14.7 Å². The molecule has 122 valence electrons. The van der Waals surface area contributed by atoms with Gasteiger partial charge in [0.1, 0.15) is 0 Å². The molecule has 2 unspecified atom stereocenters. The molecule has 1 aromatic heterocycles. The topological polar surface area (TPSA) is 75.4 Å². The van der Waals surface area contributed by atoms with E-state index in [1.54, 1.807) is 29.0 Å². The first-order valence-corrected chi connectivity index (χ1v) is 7.88. The number of aliphatic hydroxyl groups is 1. The summed E-state index contributed by atoms with van der Waals surface area (Å²) < 4.78 is 1.60. The van der Waals surface area contributed by atoms with E-state index in [9.17, 15) is 14.7 Å². The molecule has 22 heavy (non-hydrogen) atoms. The molecule has 1 aromatic rings. The third kappa shape index (κ3) is 3.94. The summed E-state index contributed by atoms with van der Waals surface area (Å²) in [7, 11) is 1.77. The van der Waals surface area contributed by atoms with Crippen LogP contribution in [0.4, 0.5) is 0 Å². The molecule has 1 aliphatic rings. The molecular formula is C16H25N3O3. The normalized spacial score (nSPS) is 19.7. The lowest BCUT2D eigenvalue weighted by Gasteiger charge is -2.26. The predicted octanol–water partition coefficient (Wildman–Crippen LogP) is 1.39. The molecule has 1 aliphatic heterocycles. The van der Waals surface area contributed by atoms with Gasteiger partial charge in [-0.3, -0.25) is 14.3 Å². The van der Waals surface area contributed by atoms with Crippen LogP contribution in [0.25, 0.3) is 0 Å². The van der Waals surface area contributed by atoms with Gasteiger partial charge in [-0.05, 0) is 18.8 Å². The Labute approximate surface area is 131 Å². The van der Waals surface area contributed by atoms with Crippen molar-refractivity contribution in [3.63, 3.8) is 0 Å². The van der Waals surface area contributed by atoms with Crippen LogP contribution in [0.2, 0.25) is 0 Å². The minimum Gasteiger partial charge on any atom is -0.392 e. The zero-order valence-electron chi connectivity index (χ0n) is 13.5. The highest BCUT2D eigenvalue weighted by Gasteiger charge is 2.31. The molecule has 0 aliphatic carbocycles. The fourth-order valence-corrected chi connectivity index (χ4v) is 2.81. The summed E-state index contributed by atoms with van der Waals surface area (Å²) in [5.41, 5.74) is 0.587. The molecule has 0 bridgehead atoms. The summed E-state index contributed by atoms with van der Waals surface area (Å²) >= 11 is 0. The first kappa shape index (κ1) is 16.7. The van der Waals surface area contributed by atoms with Crippen LogP contribution < -0.4 is 0 Å². The number of hydrogen-bond donors (Lipinski definition) is 1. The largest absolute Gasteiger partial charge is 0.392 e. The number of ketones is 1. The maximum atomic E-state index is 12.3. The minimum atomic E-state index is -0.622. The molecule has 0 spiro atoms. The summed E-state index contributed by atoms with van der Waals surface area (Å²) in [6.07, 6.45) is 4.86. The molecule has 0 radical (unpaired) electrons. The Balaban J connectivity index is 1.95. The third-order valence-corrected chi connectivity index (χ3v) is 4.30. The molecule has 2 rings (SSSR count). The second-order valence-electron chi connectivity index (χ2n) is 6.43. The van der Waals surface area contributed by atoms with E-state index < -0.39 is 6.10 Å². The van der Waals surface area contributed by atoms with Gasteiger partial charge in [0.2, 0.25) is 5.91 Å². The van der Waals surface area contributed by atoms with Crippen LogP contribution in [0.3, 0.4) is 0 Å². The van der Waals surface area contributed by atoms with Crippen LogP contribution in [0, 0.1) is 5.92 Å². The number of carbonyl (C=O) groups is 2. The standard InChI is InChI=1S/C16H25N3O3/c1-11(2)14(20)8-16(22)19-6-4-5-13(19)7-15(21)12-9-17-18(3)10-12/h9-11,13-14,20H,4-8H2,1-3H3. The van der Waals surface area contributed by atoms with Crippen molar-refractivity contribution in [3.8, 4) is 0 Å². The van der Waals surface area contributed by atoms with E-state index in [0.29, 0.717) is 18.5 Å². The number of nitrogens with zero attached hydrogens (tertiary/aromatic N) is 3. The number of aryl methyl sites for hydroxylation is 1. The zero-order chi connectivity index (χ0) is 16.3. The Hall–Kier alpha value is -1.69. The Morgan fingerprint density at radius 3 is 2.77 bits per heavy atom. The molecule has 1 fully saturated rings. The van der Waals surface area contributed by atoms with Crippen LogP contribution in [0.15, 0.2) is 12.4 Å². The SMILES string of the molecule is CC(C)C(O)CC(=O)N1CCCC1CC(=O)c1cnn(C)c1. The molecule has 1 saturated heterocycles. The third-order valence-electron chi connectivity index (χ3n) is 4.30. The van der Waals surface area contributed by atoms with Gasteiger partial charge in [0, 0.05) is 32.3 Å². The Kier molecular flexibility index (Phi) is 5.34. The van der Waals surface area contributed by atoms with Crippen molar-refractivity contribution in [2.45, 2.75) is 51.7 Å². The molecule has 0 aromatic carbocycles. The van der Waals surface area contributed by atoms with Crippen molar-refractivity contribution in [2.24, 2.45) is 13.0 Å². The Morgan fingerprint density at radius 1 is 1.45 bits per heavy atom. The highest BCUT2D eigenvalue weighted by Crippen LogP contribution is 2.23. The fraction of sp³-hybridized carbons (Fsp3) is 0.688. The zero-order valence-corrected chi connectivity index (χ0v) is 13.5. The van der Waals surface area contributed by atoms with Crippen molar-refractivity contribution in [3.05, 3.63) is 18.0 Å². The van der Waals surface area contributed by atoms with E-state index in [0.717, 1.165) is 12.8 Å². The molecule has 6 nitrogen and oxygen atoms in total. The molecule has 1 amide bonds. The van der Waals surface area contributed by atoms with E-state index in [2.05, 4.69) is 5.10 Å². The van der Waals surface area contributed by atoms with Crippen LogP contribution in [0.5, 0.6) is 0 Å². The van der Waals surface area contributed by atoms with E-state index >= 15 is 0 Å². The summed E-state index contributed by atoms with van der Waals surface area (Å²) in [4.78, 5) is 26.4. The van der Waals surface area contributed by atoms with Crippen molar-refractivity contribution in [1.29, 1.82) is 0 Å². The molecule has 2 heterocycles. The lowest BCUT2D eigenvalue weighted by molar-refractivity contribution is -0.134. The lowest BCUT2D eigenvalue weighted by atomic mass is 10.0. The van der Waals surface area contributed by atoms with Crippen LogP contribution in [-0.4, -0.2) is 50.2 Å². The van der Waals surface area contributed by atoms with E-state index in [4.69, 9.17) is 0 Å². The number of hydrogen-bond acceptors (Lipinski definition) is 4. The highest BCUT2D eigenvalue weighted by atomic mass is 16.3. The Bertz CT molecular complexity index is 538. The van der Waals surface area contributed by atoms with Crippen molar-refractivity contribution in [2.75, 3.05) is 6.54 Å². The van der Waals surface area contributed by atoms with Crippen molar-refractivity contribution < 1.29 is 14.7 Å². The van der Waals surface area contributed by atoms with Gasteiger partial charge in [0.25, 0.3) is 0 Å². The number of rotatable bonds is 6. The maximum absolute atomic E-state index is 12.3. The van der Waals surface area contributed by atoms with Crippen molar-refractivity contribution >= 4 is 11.7 Å². The molecule has 6 heteroatoms. The summed E-state index contributed by atoms with van der Waals surface area (Å²) in [6.45, 7) is 4.46. The number of Topliss-reactive ketones (excluding diaryl/α,β-unsaturated/α-hetero) is 1. The molecular weight excluding hydrogens is 282 g/mol. The number of aliphatic hydroxyl groups excluding tert-OH is 1. The number of aromatic nitrogens is 2. The summed E-state index contributed by atoms with van der Waals surface area (Å²) in [5.74, 6) is 0.0203. The van der Waals surface area contributed by atoms with Gasteiger partial charge in [-0.2, -0.15) is 5.10 Å². The van der Waals surface area contributed by atoms with Gasteiger partial charge < -0.3 is 10.0 Å². The second-order valence-corrected chi connectivity index (χ2v) is 6.43. The second kappa shape index (κ2) is 7.05. The molecule has 1 N–H and O–H groups in total.